The van der Waals surface area contributed by atoms with E-state index in [1.165, 1.54) is 0 Å². The molecule has 32 heavy (non-hydrogen) atoms. The van der Waals surface area contributed by atoms with E-state index in [1.807, 2.05) is 6.92 Å². The van der Waals surface area contributed by atoms with Gasteiger partial charge >= 0.3 is 0 Å². The normalized spacial score (nSPS) is 31.8. The zero-order valence-corrected chi connectivity index (χ0v) is 19.3. The molecule has 3 N–H and O–H groups in total. The van der Waals surface area contributed by atoms with E-state index in [0.717, 1.165) is 12.5 Å². The molecule has 4 rings (SSSR count). The molecule has 0 unspecified atom stereocenters. The van der Waals surface area contributed by atoms with Gasteiger partial charge in [0, 0.05) is 35.0 Å². The molecule has 8 heteroatoms. The Balaban J connectivity index is 1.56. The van der Waals surface area contributed by atoms with Gasteiger partial charge in [-0.2, -0.15) is 0 Å². The van der Waals surface area contributed by atoms with Crippen molar-refractivity contribution in [3.8, 4) is 5.75 Å². The Morgan fingerprint density at radius 2 is 1.94 bits per heavy atom. The van der Waals surface area contributed by atoms with Crippen LogP contribution in [0.2, 0.25) is 5.02 Å². The standard InChI is InChI=1S/C24H31ClF2N2O3/c1-3-4-18(31)28-15-9-14(10-15)22(32)29-21(23-5-7-24(27,12-23)8-6-23)19-13(2)16(25)11-17(30)20(19)26/h11,14-15,21,30H,3-10,12H2,1-2H3,(H,28,31)(H,29,32)/t14?,15?,21-,23?,24?/m1/s1. The number of fused-ring (bicyclic) bond motifs is 2. The van der Waals surface area contributed by atoms with Crippen LogP contribution in [0, 0.1) is 24.1 Å². The molecule has 2 bridgehead atoms. The fourth-order valence-electron chi connectivity index (χ4n) is 5.91. The van der Waals surface area contributed by atoms with Gasteiger partial charge in [0.25, 0.3) is 0 Å². The van der Waals surface area contributed by atoms with E-state index in [-0.39, 0.29) is 40.8 Å². The lowest BCUT2D eigenvalue weighted by molar-refractivity contribution is -0.132. The number of carbonyl (C=O) groups is 2. The highest BCUT2D eigenvalue weighted by atomic mass is 35.5. The topological polar surface area (TPSA) is 78.4 Å². The average molecular weight is 469 g/mol. The summed E-state index contributed by atoms with van der Waals surface area (Å²) in [5.41, 5.74) is -1.28. The Morgan fingerprint density at radius 1 is 1.28 bits per heavy atom. The summed E-state index contributed by atoms with van der Waals surface area (Å²) in [6.45, 7) is 3.59. The molecule has 0 heterocycles. The van der Waals surface area contributed by atoms with Gasteiger partial charge in [0.1, 0.15) is 5.67 Å². The van der Waals surface area contributed by atoms with Crippen LogP contribution in [0.1, 0.15) is 81.9 Å². The number of amides is 2. The lowest BCUT2D eigenvalue weighted by Gasteiger charge is -2.41. The third-order valence-electron chi connectivity index (χ3n) is 7.84. The SMILES string of the molecule is CCCC(=O)NC1CC(C(=O)N[C@H](c2c(C)c(Cl)cc(O)c2F)C23CCC(F)(CC2)C3)C1. The van der Waals surface area contributed by atoms with Gasteiger partial charge in [-0.3, -0.25) is 9.59 Å². The van der Waals surface area contributed by atoms with Gasteiger partial charge in [-0.25, -0.2) is 8.78 Å². The third kappa shape index (κ3) is 4.09. The van der Waals surface area contributed by atoms with Crippen molar-refractivity contribution in [3.05, 3.63) is 28.0 Å². The molecule has 1 atom stereocenters. The van der Waals surface area contributed by atoms with E-state index in [9.17, 15) is 14.7 Å². The molecular formula is C24H31ClF2N2O3. The molecule has 3 aliphatic rings. The number of alkyl halides is 1. The predicted octanol–water partition coefficient (Wildman–Crippen LogP) is 5.02. The number of carbonyl (C=O) groups excluding carboxylic acids is 2. The van der Waals surface area contributed by atoms with E-state index in [1.54, 1.807) is 6.92 Å². The van der Waals surface area contributed by atoms with E-state index in [2.05, 4.69) is 10.6 Å². The number of nitrogens with one attached hydrogen (secondary N) is 2. The highest BCUT2D eigenvalue weighted by molar-refractivity contribution is 6.31. The van der Waals surface area contributed by atoms with Gasteiger partial charge in [-0.05, 0) is 69.3 Å². The molecule has 0 saturated heterocycles. The number of hydrogen-bond donors (Lipinski definition) is 3. The molecule has 3 fully saturated rings. The van der Waals surface area contributed by atoms with Crippen LogP contribution in [0.25, 0.3) is 0 Å². The Labute approximate surface area is 192 Å². The summed E-state index contributed by atoms with van der Waals surface area (Å²) >= 11 is 6.25. The maximum Gasteiger partial charge on any atom is 0.223 e. The monoisotopic (exact) mass is 468 g/mol. The van der Waals surface area contributed by atoms with Crippen molar-refractivity contribution in [2.75, 3.05) is 0 Å². The van der Waals surface area contributed by atoms with Gasteiger partial charge in [0.2, 0.25) is 11.8 Å². The van der Waals surface area contributed by atoms with Crippen LogP contribution < -0.4 is 10.6 Å². The first-order chi connectivity index (χ1) is 15.1. The summed E-state index contributed by atoms with van der Waals surface area (Å²) in [4.78, 5) is 24.9. The summed E-state index contributed by atoms with van der Waals surface area (Å²) in [6, 6.07) is 0.352. The molecule has 1 aromatic carbocycles. The smallest absolute Gasteiger partial charge is 0.223 e. The Bertz CT molecular complexity index is 898. The molecule has 3 aliphatic carbocycles. The summed E-state index contributed by atoms with van der Waals surface area (Å²) in [5, 5.41) is 16.2. The summed E-state index contributed by atoms with van der Waals surface area (Å²) in [6.07, 6.45) is 4.40. The van der Waals surface area contributed by atoms with E-state index < -0.39 is 28.7 Å². The van der Waals surface area contributed by atoms with Crippen LogP contribution >= 0.6 is 11.6 Å². The van der Waals surface area contributed by atoms with E-state index >= 15 is 8.78 Å². The zero-order valence-electron chi connectivity index (χ0n) is 18.6. The molecular weight excluding hydrogens is 438 g/mol. The fourth-order valence-corrected chi connectivity index (χ4v) is 6.11. The van der Waals surface area contributed by atoms with Gasteiger partial charge in [0.15, 0.2) is 11.6 Å². The van der Waals surface area contributed by atoms with Crippen LogP contribution in [-0.2, 0) is 9.59 Å². The zero-order chi connectivity index (χ0) is 23.3. The lowest BCUT2D eigenvalue weighted by Crippen LogP contribution is -2.51. The second kappa shape index (κ2) is 8.47. The molecule has 1 aromatic rings. The Morgan fingerprint density at radius 3 is 2.50 bits per heavy atom. The van der Waals surface area contributed by atoms with E-state index in [0.29, 0.717) is 50.5 Å². The lowest BCUT2D eigenvalue weighted by atomic mass is 9.72. The average Bonchev–Trinajstić information content (AvgIpc) is 3.23. The number of phenols is 1. The van der Waals surface area contributed by atoms with Crippen LogP contribution in [-0.4, -0.2) is 28.6 Å². The Kier molecular flexibility index (Phi) is 6.16. The first kappa shape index (κ1) is 23.3. The summed E-state index contributed by atoms with van der Waals surface area (Å²) in [7, 11) is 0. The minimum absolute atomic E-state index is 0.0172. The highest BCUT2D eigenvalue weighted by Crippen LogP contribution is 2.64. The molecule has 5 nitrogen and oxygen atoms in total. The quantitative estimate of drug-likeness (QED) is 0.526. The van der Waals surface area contributed by atoms with Crippen molar-refractivity contribution in [3.63, 3.8) is 0 Å². The van der Waals surface area contributed by atoms with Crippen LogP contribution in [0.4, 0.5) is 8.78 Å². The second-order valence-corrected chi connectivity index (χ2v) is 10.5. The maximum absolute atomic E-state index is 15.2. The molecule has 0 aliphatic heterocycles. The molecule has 0 aromatic heterocycles. The molecule has 2 amide bonds. The third-order valence-corrected chi connectivity index (χ3v) is 8.23. The number of aromatic hydroxyl groups is 1. The van der Waals surface area contributed by atoms with Crippen molar-refractivity contribution < 1.29 is 23.5 Å². The van der Waals surface area contributed by atoms with Gasteiger partial charge < -0.3 is 15.7 Å². The van der Waals surface area contributed by atoms with Crippen molar-refractivity contribution in [1.82, 2.24) is 10.6 Å². The number of benzene rings is 1. The summed E-state index contributed by atoms with van der Waals surface area (Å²) < 4.78 is 30.2. The molecule has 3 saturated carbocycles. The van der Waals surface area contributed by atoms with Crippen molar-refractivity contribution in [1.29, 1.82) is 0 Å². The number of halogens is 3. The van der Waals surface area contributed by atoms with Gasteiger partial charge in [0.05, 0.1) is 6.04 Å². The highest BCUT2D eigenvalue weighted by Gasteiger charge is 2.59. The number of rotatable bonds is 7. The van der Waals surface area contributed by atoms with Crippen molar-refractivity contribution >= 4 is 23.4 Å². The van der Waals surface area contributed by atoms with Gasteiger partial charge in [-0.15, -0.1) is 0 Å². The van der Waals surface area contributed by atoms with Crippen LogP contribution in [0.15, 0.2) is 6.07 Å². The predicted molar refractivity (Wildman–Crippen MR) is 118 cm³/mol. The summed E-state index contributed by atoms with van der Waals surface area (Å²) in [5.74, 6) is -1.93. The second-order valence-electron chi connectivity index (χ2n) is 10.0. The Hall–Kier alpha value is -1.89. The van der Waals surface area contributed by atoms with Crippen molar-refractivity contribution in [2.45, 2.75) is 89.4 Å². The van der Waals surface area contributed by atoms with Gasteiger partial charge in [-0.1, -0.05) is 18.5 Å². The number of hydrogen-bond acceptors (Lipinski definition) is 3. The molecule has 176 valence electrons. The molecule has 0 spiro atoms. The van der Waals surface area contributed by atoms with Crippen LogP contribution in [0.3, 0.4) is 0 Å². The first-order valence-corrected chi connectivity index (χ1v) is 11.9. The fraction of sp³-hybridized carbons (Fsp3) is 0.667. The van der Waals surface area contributed by atoms with E-state index in [4.69, 9.17) is 11.6 Å². The minimum atomic E-state index is -1.28. The van der Waals surface area contributed by atoms with Crippen molar-refractivity contribution in [2.24, 2.45) is 11.3 Å². The minimum Gasteiger partial charge on any atom is -0.505 e. The van der Waals surface area contributed by atoms with Crippen LogP contribution in [0.5, 0.6) is 5.75 Å². The number of phenolic OH excluding ortho intramolecular Hbond substituents is 1. The largest absolute Gasteiger partial charge is 0.505 e. The first-order valence-electron chi connectivity index (χ1n) is 11.5. The maximum atomic E-state index is 15.2. The molecule has 0 radical (unpaired) electrons.